The second-order valence-corrected chi connectivity index (χ2v) is 6.63. The van der Waals surface area contributed by atoms with E-state index in [-0.39, 0.29) is 5.56 Å². The van der Waals surface area contributed by atoms with Crippen LogP contribution in [0, 0.1) is 11.6 Å². The van der Waals surface area contributed by atoms with E-state index in [0.29, 0.717) is 35.9 Å². The Labute approximate surface area is 181 Å². The minimum atomic E-state index is -2.83. The van der Waals surface area contributed by atoms with Gasteiger partial charge in [0.15, 0.2) is 23.2 Å². The third-order valence-electron chi connectivity index (χ3n) is 4.22. The number of esters is 1. The van der Waals surface area contributed by atoms with Crippen molar-refractivity contribution in [3.8, 4) is 22.9 Å². The highest BCUT2D eigenvalue weighted by Gasteiger charge is 2.16. The van der Waals surface area contributed by atoms with Gasteiger partial charge in [0.1, 0.15) is 5.75 Å². The number of alkyl halides is 2. The van der Waals surface area contributed by atoms with E-state index >= 15 is 0 Å². The van der Waals surface area contributed by atoms with Crippen LogP contribution in [0.4, 0.5) is 17.6 Å². The van der Waals surface area contributed by atoms with Gasteiger partial charge < -0.3 is 9.47 Å². The number of carbonyl (C=O) groups is 1. The normalized spacial score (nSPS) is 11.2. The summed E-state index contributed by atoms with van der Waals surface area (Å²) in [6.07, 6.45) is 3.31. The maximum atomic E-state index is 14.0. The zero-order valence-electron chi connectivity index (χ0n) is 16.9. The number of carbonyl (C=O) groups excluding carboxylic acids is 1. The second-order valence-electron chi connectivity index (χ2n) is 6.63. The predicted octanol–water partition coefficient (Wildman–Crippen LogP) is 5.75. The molecule has 1 heterocycles. The summed E-state index contributed by atoms with van der Waals surface area (Å²) in [4.78, 5) is 20.9. The molecule has 0 amide bonds. The Bertz CT molecular complexity index is 1080. The number of hydrogen-bond donors (Lipinski definition) is 0. The minimum Gasteiger partial charge on any atom is -0.459 e. The van der Waals surface area contributed by atoms with Crippen molar-refractivity contribution in [1.29, 1.82) is 0 Å². The first-order chi connectivity index (χ1) is 15.4. The van der Waals surface area contributed by atoms with Crippen molar-refractivity contribution in [3.05, 3.63) is 83.9 Å². The molecular weight excluding hydrogens is 428 g/mol. The molecule has 3 rings (SSSR count). The van der Waals surface area contributed by atoms with Gasteiger partial charge in [-0.25, -0.2) is 32.3 Å². The molecule has 1 aromatic heterocycles. The zero-order valence-corrected chi connectivity index (χ0v) is 16.9. The standard InChI is InChI=1S/C23H18F4N2O3/c1-2-3-14-12-28-22(29-13-14)15-4-6-16(7-5-15)23(30)32-17-10-18(24)21(19(25)11-17)31-9-8-20(26)27/h4-13,20H,2-3H2,1H3/b9-8+. The van der Waals surface area contributed by atoms with Gasteiger partial charge in [0.05, 0.1) is 11.8 Å². The minimum absolute atomic E-state index is 0.136. The van der Waals surface area contributed by atoms with Gasteiger partial charge in [0.2, 0.25) is 0 Å². The van der Waals surface area contributed by atoms with E-state index in [1.807, 2.05) is 0 Å². The molecule has 0 aliphatic carbocycles. The fourth-order valence-corrected chi connectivity index (χ4v) is 2.72. The first-order valence-corrected chi connectivity index (χ1v) is 9.61. The average Bonchev–Trinajstić information content (AvgIpc) is 2.76. The largest absolute Gasteiger partial charge is 0.459 e. The molecule has 0 aliphatic rings. The van der Waals surface area contributed by atoms with Crippen LogP contribution in [-0.2, 0) is 6.42 Å². The molecule has 5 nitrogen and oxygen atoms in total. The summed E-state index contributed by atoms with van der Waals surface area (Å²) in [6, 6.07) is 7.62. The van der Waals surface area contributed by atoms with Gasteiger partial charge in [-0.05, 0) is 24.1 Å². The van der Waals surface area contributed by atoms with E-state index in [9.17, 15) is 22.4 Å². The lowest BCUT2D eigenvalue weighted by Crippen LogP contribution is -2.09. The number of benzene rings is 2. The van der Waals surface area contributed by atoms with Crippen molar-refractivity contribution in [3.63, 3.8) is 0 Å². The summed E-state index contributed by atoms with van der Waals surface area (Å²) < 4.78 is 61.7. The first kappa shape index (κ1) is 22.9. The third-order valence-corrected chi connectivity index (χ3v) is 4.22. The lowest BCUT2D eigenvalue weighted by atomic mass is 10.1. The molecule has 3 aromatic rings. The number of ether oxygens (including phenoxy) is 2. The zero-order chi connectivity index (χ0) is 23.1. The molecule has 0 bridgehead atoms. The monoisotopic (exact) mass is 446 g/mol. The van der Waals surface area contributed by atoms with Crippen molar-refractivity contribution >= 4 is 5.97 Å². The van der Waals surface area contributed by atoms with Gasteiger partial charge in [-0.1, -0.05) is 25.5 Å². The molecule has 0 spiro atoms. The molecule has 0 atom stereocenters. The number of hydrogen-bond acceptors (Lipinski definition) is 5. The topological polar surface area (TPSA) is 61.3 Å². The summed E-state index contributed by atoms with van der Waals surface area (Å²) in [5.74, 6) is -4.09. The van der Waals surface area contributed by atoms with Crippen molar-refractivity contribution in [2.45, 2.75) is 26.2 Å². The second kappa shape index (κ2) is 10.5. The first-order valence-electron chi connectivity index (χ1n) is 9.61. The number of nitrogens with zero attached hydrogens (tertiary/aromatic N) is 2. The summed E-state index contributed by atoms with van der Waals surface area (Å²) >= 11 is 0. The van der Waals surface area contributed by atoms with Crippen molar-refractivity contribution < 1.29 is 31.8 Å². The predicted molar refractivity (Wildman–Crippen MR) is 109 cm³/mol. The number of allylic oxidation sites excluding steroid dienone is 1. The molecule has 0 radical (unpaired) electrons. The Balaban J connectivity index is 1.69. The molecule has 0 N–H and O–H groups in total. The Morgan fingerprint density at radius 1 is 1.06 bits per heavy atom. The SMILES string of the molecule is CCCc1cnc(-c2ccc(C(=O)Oc3cc(F)c(O/C=C/C(F)F)c(F)c3)cc2)nc1. The highest BCUT2D eigenvalue weighted by molar-refractivity contribution is 5.91. The number of rotatable bonds is 8. The van der Waals surface area contributed by atoms with Crippen LogP contribution in [0.1, 0.15) is 29.3 Å². The Morgan fingerprint density at radius 3 is 2.25 bits per heavy atom. The maximum Gasteiger partial charge on any atom is 0.343 e. The van der Waals surface area contributed by atoms with Crippen LogP contribution in [0.2, 0.25) is 0 Å². The third kappa shape index (κ3) is 5.90. The van der Waals surface area contributed by atoms with Gasteiger partial charge in [0, 0.05) is 36.2 Å². The lowest BCUT2D eigenvalue weighted by molar-refractivity contribution is 0.0733. The molecule has 0 unspecified atom stereocenters. The molecule has 0 aliphatic heterocycles. The van der Waals surface area contributed by atoms with Crippen LogP contribution in [-0.4, -0.2) is 22.4 Å². The Kier molecular flexibility index (Phi) is 7.54. The van der Waals surface area contributed by atoms with Crippen LogP contribution >= 0.6 is 0 Å². The average molecular weight is 446 g/mol. The van der Waals surface area contributed by atoms with E-state index < -0.39 is 35.5 Å². The molecule has 166 valence electrons. The molecule has 0 fully saturated rings. The highest BCUT2D eigenvalue weighted by atomic mass is 19.3. The lowest BCUT2D eigenvalue weighted by Gasteiger charge is -2.08. The van der Waals surface area contributed by atoms with Crippen molar-refractivity contribution in [2.24, 2.45) is 0 Å². The summed E-state index contributed by atoms with van der Waals surface area (Å²) in [5.41, 5.74) is 1.84. The fourth-order valence-electron chi connectivity index (χ4n) is 2.72. The molecule has 0 saturated heterocycles. The van der Waals surface area contributed by atoms with E-state index in [4.69, 9.17) is 4.74 Å². The van der Waals surface area contributed by atoms with E-state index in [1.165, 1.54) is 12.1 Å². The molecule has 0 saturated carbocycles. The van der Waals surface area contributed by atoms with Crippen LogP contribution in [0.15, 0.2) is 61.1 Å². The Morgan fingerprint density at radius 2 is 1.69 bits per heavy atom. The molecule has 9 heteroatoms. The molecule has 32 heavy (non-hydrogen) atoms. The van der Waals surface area contributed by atoms with Gasteiger partial charge >= 0.3 is 5.97 Å². The summed E-state index contributed by atoms with van der Waals surface area (Å²) in [6.45, 7) is 2.06. The van der Waals surface area contributed by atoms with Gasteiger partial charge in [0.25, 0.3) is 6.43 Å². The number of aromatic nitrogens is 2. The summed E-state index contributed by atoms with van der Waals surface area (Å²) in [7, 11) is 0. The van der Waals surface area contributed by atoms with E-state index in [0.717, 1.165) is 18.4 Å². The van der Waals surface area contributed by atoms with Gasteiger partial charge in [-0.15, -0.1) is 0 Å². The molecule has 2 aromatic carbocycles. The fraction of sp³-hybridized carbons (Fsp3) is 0.174. The van der Waals surface area contributed by atoms with Crippen LogP contribution < -0.4 is 9.47 Å². The number of halogens is 4. The van der Waals surface area contributed by atoms with Crippen molar-refractivity contribution in [2.75, 3.05) is 0 Å². The summed E-state index contributed by atoms with van der Waals surface area (Å²) in [5, 5.41) is 0. The van der Waals surface area contributed by atoms with Crippen LogP contribution in [0.3, 0.4) is 0 Å². The number of aryl methyl sites for hydroxylation is 1. The smallest absolute Gasteiger partial charge is 0.343 e. The van der Waals surface area contributed by atoms with Crippen molar-refractivity contribution in [1.82, 2.24) is 9.97 Å². The van der Waals surface area contributed by atoms with Gasteiger partial charge in [-0.3, -0.25) is 0 Å². The van der Waals surface area contributed by atoms with E-state index in [1.54, 1.807) is 24.5 Å². The highest BCUT2D eigenvalue weighted by Crippen LogP contribution is 2.28. The maximum absolute atomic E-state index is 14.0. The van der Waals surface area contributed by atoms with Gasteiger partial charge in [-0.2, -0.15) is 0 Å². The van der Waals surface area contributed by atoms with E-state index in [2.05, 4.69) is 21.6 Å². The quantitative estimate of drug-likeness (QED) is 0.191. The van der Waals surface area contributed by atoms with Crippen LogP contribution in [0.25, 0.3) is 11.4 Å². The Hall–Kier alpha value is -3.75. The molecular formula is C23H18F4N2O3. The van der Waals surface area contributed by atoms with Crippen LogP contribution in [0.5, 0.6) is 11.5 Å².